The molecule has 53 heavy (non-hydrogen) atoms. The van der Waals surface area contributed by atoms with Crippen molar-refractivity contribution in [3.05, 3.63) is 103 Å². The van der Waals surface area contributed by atoms with E-state index in [1.165, 1.54) is 9.80 Å². The van der Waals surface area contributed by atoms with Crippen molar-refractivity contribution in [3.8, 4) is 16.3 Å². The maximum atomic E-state index is 15.1. The third-order valence-corrected chi connectivity index (χ3v) is 14.4. The molecule has 3 fully saturated rings. The van der Waals surface area contributed by atoms with E-state index in [1.807, 2.05) is 31.2 Å². The van der Waals surface area contributed by atoms with Gasteiger partial charge in [0.2, 0.25) is 23.6 Å². The van der Waals surface area contributed by atoms with Gasteiger partial charge in [0.1, 0.15) is 17.3 Å². The number of halogens is 3. The number of hydrogen-bond acceptors (Lipinski definition) is 7. The molecule has 2 aliphatic carbocycles. The van der Waals surface area contributed by atoms with Gasteiger partial charge in [-0.3, -0.25) is 28.8 Å². The van der Waals surface area contributed by atoms with Crippen LogP contribution in [0.4, 0.5) is 11.5 Å². The standard InChI is InChI=1S/C40H31Br2ClN4O5S/c1-18-25-15-21(43)7-13-31(25)53-35(18)29-17-32(45(3)44-29)47-37(50)28-16-26-23(34(40(28,2)39(47)52)27-14-20(42)6-12-30(27)48)10-11-24-33(26)38(51)46(36(24)49)22-8-4-19(41)5-9-22/h4-10,12-15,17,24,26,28,33-34,48H,11,16H2,1-3H3. The number of amides is 4. The Morgan fingerprint density at radius 3 is 2.40 bits per heavy atom. The van der Waals surface area contributed by atoms with Crippen LogP contribution in [0, 0.1) is 36.0 Å². The van der Waals surface area contributed by atoms with Crippen molar-refractivity contribution < 1.29 is 24.3 Å². The van der Waals surface area contributed by atoms with E-state index in [0.717, 1.165) is 30.6 Å². The van der Waals surface area contributed by atoms with Crippen LogP contribution in [0.15, 0.2) is 87.3 Å². The highest BCUT2D eigenvalue weighted by Crippen LogP contribution is 2.64. The second-order valence-electron chi connectivity index (χ2n) is 14.6. The number of benzene rings is 3. The molecule has 2 saturated heterocycles. The molecule has 4 aliphatic rings. The zero-order valence-electron chi connectivity index (χ0n) is 28.6. The molecule has 3 aromatic carbocycles. The van der Waals surface area contributed by atoms with E-state index in [-0.39, 0.29) is 24.0 Å². The second-order valence-corrected chi connectivity index (χ2v) is 17.9. The number of phenols is 1. The fourth-order valence-corrected chi connectivity index (χ4v) is 11.4. The summed E-state index contributed by atoms with van der Waals surface area (Å²) in [5.74, 6) is -4.52. The van der Waals surface area contributed by atoms with Crippen LogP contribution >= 0.6 is 54.8 Å². The van der Waals surface area contributed by atoms with Crippen molar-refractivity contribution >= 4 is 100 Å². The number of allylic oxidation sites excluding steroid dienone is 2. The summed E-state index contributed by atoms with van der Waals surface area (Å²) in [6, 6.07) is 19.6. The fourth-order valence-electron chi connectivity index (χ4n) is 9.39. The molecule has 268 valence electrons. The molecule has 5 aromatic rings. The minimum Gasteiger partial charge on any atom is -0.508 e. The Kier molecular flexibility index (Phi) is 7.98. The summed E-state index contributed by atoms with van der Waals surface area (Å²) in [5, 5.41) is 17.8. The summed E-state index contributed by atoms with van der Waals surface area (Å²) >= 11 is 14.9. The Balaban J connectivity index is 1.16. The van der Waals surface area contributed by atoms with E-state index in [4.69, 9.17) is 16.7 Å². The first-order valence-corrected chi connectivity index (χ1v) is 20.0. The normalized spacial score (nSPS) is 26.7. The molecule has 9 nitrogen and oxygen atoms in total. The third kappa shape index (κ3) is 4.94. The van der Waals surface area contributed by atoms with Crippen LogP contribution in [0.5, 0.6) is 5.75 Å². The number of hydrogen-bond donors (Lipinski definition) is 1. The van der Waals surface area contributed by atoms with Crippen molar-refractivity contribution in [1.82, 2.24) is 9.78 Å². The number of phenolic OH excluding ortho intramolecular Hbond substituents is 1. The van der Waals surface area contributed by atoms with Crippen LogP contribution in [0.1, 0.15) is 36.8 Å². The first kappa shape index (κ1) is 34.7. The number of aryl methyl sites for hydroxylation is 2. The molecule has 0 bridgehead atoms. The number of thiophene rings is 1. The van der Waals surface area contributed by atoms with Crippen molar-refractivity contribution in [2.45, 2.75) is 32.6 Å². The van der Waals surface area contributed by atoms with Crippen molar-refractivity contribution in [2.24, 2.45) is 36.1 Å². The van der Waals surface area contributed by atoms with Crippen molar-refractivity contribution in [3.63, 3.8) is 0 Å². The van der Waals surface area contributed by atoms with Crippen LogP contribution < -0.4 is 9.80 Å². The predicted molar refractivity (Wildman–Crippen MR) is 211 cm³/mol. The number of imide groups is 2. The van der Waals surface area contributed by atoms with E-state index >= 15 is 4.79 Å². The van der Waals surface area contributed by atoms with E-state index in [2.05, 4.69) is 31.9 Å². The molecule has 2 aliphatic heterocycles. The van der Waals surface area contributed by atoms with Gasteiger partial charge in [-0.2, -0.15) is 5.10 Å². The van der Waals surface area contributed by atoms with Gasteiger partial charge in [-0.25, -0.2) is 4.90 Å². The molecule has 6 unspecified atom stereocenters. The molecule has 13 heteroatoms. The van der Waals surface area contributed by atoms with Crippen LogP contribution in [0.25, 0.3) is 20.7 Å². The lowest BCUT2D eigenvalue weighted by Crippen LogP contribution is -2.49. The molecular formula is C40H31Br2ClN4O5S. The number of carbonyl (C=O) groups excluding carboxylic acids is 4. The monoisotopic (exact) mass is 872 g/mol. The Bertz CT molecular complexity index is 2490. The van der Waals surface area contributed by atoms with Crippen LogP contribution in [0.2, 0.25) is 5.02 Å². The van der Waals surface area contributed by atoms with E-state index in [9.17, 15) is 19.5 Å². The van der Waals surface area contributed by atoms with Crippen molar-refractivity contribution in [2.75, 3.05) is 9.80 Å². The maximum Gasteiger partial charge on any atom is 0.242 e. The fraction of sp³-hybridized carbons (Fsp3) is 0.275. The summed E-state index contributed by atoms with van der Waals surface area (Å²) in [7, 11) is 1.72. The molecule has 1 N–H and O–H groups in total. The molecule has 9 rings (SSSR count). The average molecular weight is 875 g/mol. The molecule has 4 heterocycles. The van der Waals surface area contributed by atoms with Gasteiger partial charge in [0.15, 0.2) is 0 Å². The van der Waals surface area contributed by atoms with Gasteiger partial charge in [0.25, 0.3) is 0 Å². The van der Waals surface area contributed by atoms with Gasteiger partial charge in [0.05, 0.1) is 33.7 Å². The van der Waals surface area contributed by atoms with E-state index < -0.39 is 46.8 Å². The number of aromatic hydroxyl groups is 1. The third-order valence-electron chi connectivity index (χ3n) is 11.9. The van der Waals surface area contributed by atoms with Crippen LogP contribution in [0.3, 0.4) is 0 Å². The summed E-state index contributed by atoms with van der Waals surface area (Å²) in [6.07, 6.45) is 2.48. The molecule has 2 aromatic heterocycles. The van der Waals surface area contributed by atoms with E-state index in [0.29, 0.717) is 38.7 Å². The number of rotatable bonds is 4. The zero-order chi connectivity index (χ0) is 37.2. The molecule has 0 spiro atoms. The Hall–Kier alpha value is -4.10. The quantitative estimate of drug-likeness (QED) is 0.143. The first-order chi connectivity index (χ1) is 25.3. The summed E-state index contributed by atoms with van der Waals surface area (Å²) in [6.45, 7) is 3.81. The number of aromatic nitrogens is 2. The highest BCUT2D eigenvalue weighted by Gasteiger charge is 2.68. The molecule has 1 saturated carbocycles. The lowest BCUT2D eigenvalue weighted by Gasteiger charge is -2.49. The smallest absolute Gasteiger partial charge is 0.242 e. The molecule has 6 atom stereocenters. The van der Waals surface area contributed by atoms with Crippen LogP contribution in [-0.4, -0.2) is 38.5 Å². The Labute approximate surface area is 330 Å². The number of fused-ring (bicyclic) bond motifs is 5. The van der Waals surface area contributed by atoms with Gasteiger partial charge >= 0.3 is 0 Å². The Morgan fingerprint density at radius 1 is 0.906 bits per heavy atom. The summed E-state index contributed by atoms with van der Waals surface area (Å²) in [5.41, 5.74) is 2.07. The van der Waals surface area contributed by atoms with Crippen molar-refractivity contribution in [1.29, 1.82) is 0 Å². The van der Waals surface area contributed by atoms with E-state index in [1.54, 1.807) is 78.5 Å². The second kappa shape index (κ2) is 12.2. The SMILES string of the molecule is Cc1c(-c2cc(N3C(=O)C4CC5C(=CCC6C(=O)N(c7ccc(Br)cc7)C(=O)C65)C(c5cc(Br)ccc5O)C4(C)C3=O)n(C)n2)sc2ccc(Cl)cc12. The number of carbonyl (C=O) groups is 4. The predicted octanol–water partition coefficient (Wildman–Crippen LogP) is 8.93. The number of anilines is 2. The van der Waals surface area contributed by atoms with Gasteiger partial charge < -0.3 is 5.11 Å². The first-order valence-electron chi connectivity index (χ1n) is 17.2. The number of nitrogens with zero attached hydrogens (tertiary/aromatic N) is 4. The molecule has 0 radical (unpaired) electrons. The average Bonchev–Trinajstić information content (AvgIpc) is 3.80. The minimum atomic E-state index is -1.32. The molecule has 4 amide bonds. The maximum absolute atomic E-state index is 15.1. The summed E-state index contributed by atoms with van der Waals surface area (Å²) in [4.78, 5) is 61.7. The topological polar surface area (TPSA) is 113 Å². The Morgan fingerprint density at radius 2 is 1.64 bits per heavy atom. The highest BCUT2D eigenvalue weighted by atomic mass is 79.9. The zero-order valence-corrected chi connectivity index (χ0v) is 33.4. The van der Waals surface area contributed by atoms with Gasteiger partial charge in [-0.1, -0.05) is 55.1 Å². The van der Waals surface area contributed by atoms with Gasteiger partial charge in [-0.05, 0) is 104 Å². The highest BCUT2D eigenvalue weighted by molar-refractivity contribution is 9.10. The summed E-state index contributed by atoms with van der Waals surface area (Å²) < 4.78 is 4.13. The lowest BCUT2D eigenvalue weighted by molar-refractivity contribution is -0.131. The van der Waals surface area contributed by atoms with Gasteiger partial charge in [0, 0.05) is 43.3 Å². The molecular weight excluding hydrogens is 844 g/mol. The largest absolute Gasteiger partial charge is 0.508 e. The minimum absolute atomic E-state index is 0.0194. The van der Waals surface area contributed by atoms with Crippen LogP contribution in [-0.2, 0) is 26.2 Å². The lowest BCUT2D eigenvalue weighted by atomic mass is 9.51. The van der Waals surface area contributed by atoms with Gasteiger partial charge in [-0.15, -0.1) is 11.3 Å².